The molecule has 3 nitrogen and oxygen atoms in total. The lowest BCUT2D eigenvalue weighted by atomic mass is 10.1. The Morgan fingerprint density at radius 2 is 2.08 bits per heavy atom. The maximum Gasteiger partial charge on any atom is 0.310 e. The van der Waals surface area contributed by atoms with E-state index in [0.29, 0.717) is 6.61 Å². The first-order valence-corrected chi connectivity index (χ1v) is 5.13. The second kappa shape index (κ2) is 8.05. The van der Waals surface area contributed by atoms with Gasteiger partial charge in [0.2, 0.25) is 0 Å². The zero-order valence-corrected chi connectivity index (χ0v) is 8.93. The molecular formula is C10H21NO2. The molecular weight excluding hydrogens is 166 g/mol. The molecule has 1 aliphatic rings. The SMILES string of the molecule is CCC.CCOC(=O)[C@@H]1CCNC1. The summed E-state index contributed by atoms with van der Waals surface area (Å²) in [6.45, 7) is 8.32. The molecule has 0 spiro atoms. The third kappa shape index (κ3) is 5.64. The Bertz CT molecular complexity index is 131. The largest absolute Gasteiger partial charge is 0.466 e. The molecule has 78 valence electrons. The predicted octanol–water partition coefficient (Wildman–Crippen LogP) is 1.58. The van der Waals surface area contributed by atoms with Crippen LogP contribution in [0.5, 0.6) is 0 Å². The summed E-state index contributed by atoms with van der Waals surface area (Å²) < 4.78 is 4.85. The van der Waals surface area contributed by atoms with Gasteiger partial charge in [0.15, 0.2) is 0 Å². The molecule has 1 rings (SSSR count). The fraction of sp³-hybridized carbons (Fsp3) is 0.900. The lowest BCUT2D eigenvalue weighted by Gasteiger charge is -2.05. The van der Waals surface area contributed by atoms with Crippen molar-refractivity contribution in [2.75, 3.05) is 19.7 Å². The molecule has 0 unspecified atom stereocenters. The van der Waals surface area contributed by atoms with Gasteiger partial charge in [0.1, 0.15) is 0 Å². The number of carbonyl (C=O) groups is 1. The molecule has 3 heteroatoms. The van der Waals surface area contributed by atoms with E-state index in [1.807, 2.05) is 6.92 Å². The van der Waals surface area contributed by atoms with Gasteiger partial charge in [0.25, 0.3) is 0 Å². The maximum atomic E-state index is 11.0. The van der Waals surface area contributed by atoms with Gasteiger partial charge < -0.3 is 10.1 Å². The van der Waals surface area contributed by atoms with Crippen LogP contribution in [0.3, 0.4) is 0 Å². The van der Waals surface area contributed by atoms with Crippen LogP contribution in [0.4, 0.5) is 0 Å². The fourth-order valence-electron chi connectivity index (χ4n) is 1.12. The molecule has 0 aromatic carbocycles. The van der Waals surface area contributed by atoms with Crippen molar-refractivity contribution in [3.8, 4) is 0 Å². The van der Waals surface area contributed by atoms with Crippen LogP contribution < -0.4 is 5.32 Å². The van der Waals surface area contributed by atoms with Crippen molar-refractivity contribution in [1.82, 2.24) is 5.32 Å². The van der Waals surface area contributed by atoms with E-state index in [4.69, 9.17) is 4.74 Å². The number of ether oxygens (including phenoxy) is 1. The van der Waals surface area contributed by atoms with E-state index in [1.54, 1.807) is 0 Å². The average molecular weight is 187 g/mol. The number of nitrogens with one attached hydrogen (secondary N) is 1. The Morgan fingerprint density at radius 1 is 1.46 bits per heavy atom. The molecule has 0 aromatic heterocycles. The normalized spacial score (nSPS) is 20.4. The maximum absolute atomic E-state index is 11.0. The molecule has 1 atom stereocenters. The van der Waals surface area contributed by atoms with Gasteiger partial charge in [0, 0.05) is 6.54 Å². The zero-order valence-electron chi connectivity index (χ0n) is 8.93. The number of rotatable bonds is 2. The van der Waals surface area contributed by atoms with Crippen LogP contribution >= 0.6 is 0 Å². The lowest BCUT2D eigenvalue weighted by molar-refractivity contribution is -0.147. The van der Waals surface area contributed by atoms with Gasteiger partial charge in [-0.2, -0.15) is 0 Å². The first kappa shape index (κ1) is 12.4. The Hall–Kier alpha value is -0.570. The first-order chi connectivity index (χ1) is 6.26. The van der Waals surface area contributed by atoms with Crippen LogP contribution in [0, 0.1) is 5.92 Å². The van der Waals surface area contributed by atoms with E-state index in [-0.39, 0.29) is 11.9 Å². The highest BCUT2D eigenvalue weighted by atomic mass is 16.5. The van der Waals surface area contributed by atoms with Crippen LogP contribution in [0.25, 0.3) is 0 Å². The summed E-state index contributed by atoms with van der Waals surface area (Å²) in [5, 5.41) is 3.11. The quantitative estimate of drug-likeness (QED) is 0.667. The van der Waals surface area contributed by atoms with Crippen LogP contribution in [0.1, 0.15) is 33.6 Å². The van der Waals surface area contributed by atoms with Crippen LogP contribution in [0.2, 0.25) is 0 Å². The number of hydrogen-bond donors (Lipinski definition) is 1. The summed E-state index contributed by atoms with van der Waals surface area (Å²) in [6.07, 6.45) is 2.18. The minimum Gasteiger partial charge on any atom is -0.466 e. The molecule has 0 bridgehead atoms. The van der Waals surface area contributed by atoms with Gasteiger partial charge in [-0.3, -0.25) is 4.79 Å². The first-order valence-electron chi connectivity index (χ1n) is 5.13. The van der Waals surface area contributed by atoms with E-state index >= 15 is 0 Å². The van der Waals surface area contributed by atoms with Crippen LogP contribution in [0.15, 0.2) is 0 Å². The molecule has 1 heterocycles. The summed E-state index contributed by atoms with van der Waals surface area (Å²) in [5.41, 5.74) is 0. The minimum atomic E-state index is -0.0486. The Labute approximate surface area is 80.8 Å². The molecule has 1 aliphatic heterocycles. The van der Waals surface area contributed by atoms with Crippen molar-refractivity contribution in [1.29, 1.82) is 0 Å². The minimum absolute atomic E-state index is 0.0486. The Balaban J connectivity index is 0.000000424. The number of carbonyl (C=O) groups excluding carboxylic acids is 1. The summed E-state index contributed by atoms with van der Waals surface area (Å²) in [7, 11) is 0. The average Bonchev–Trinajstić information content (AvgIpc) is 2.58. The van der Waals surface area contributed by atoms with E-state index in [1.165, 1.54) is 6.42 Å². The molecule has 0 saturated carbocycles. The standard InChI is InChI=1S/C7H13NO2.C3H8/c1-2-10-7(9)6-3-4-8-5-6;1-3-2/h6,8H,2-5H2,1H3;3H2,1-2H3/t6-;/m1./s1. The van der Waals surface area contributed by atoms with Gasteiger partial charge in [-0.05, 0) is 19.9 Å². The number of hydrogen-bond acceptors (Lipinski definition) is 3. The molecule has 0 radical (unpaired) electrons. The van der Waals surface area contributed by atoms with Gasteiger partial charge >= 0.3 is 5.97 Å². The van der Waals surface area contributed by atoms with Gasteiger partial charge in [-0.15, -0.1) is 0 Å². The fourth-order valence-corrected chi connectivity index (χ4v) is 1.12. The second-order valence-corrected chi connectivity index (χ2v) is 3.15. The summed E-state index contributed by atoms with van der Waals surface area (Å²) in [4.78, 5) is 11.0. The van der Waals surface area contributed by atoms with Gasteiger partial charge in [0.05, 0.1) is 12.5 Å². The summed E-state index contributed by atoms with van der Waals surface area (Å²) in [6, 6.07) is 0. The van der Waals surface area contributed by atoms with Gasteiger partial charge in [-0.25, -0.2) is 0 Å². The van der Waals surface area contributed by atoms with E-state index < -0.39 is 0 Å². The lowest BCUT2D eigenvalue weighted by Crippen LogP contribution is -2.19. The summed E-state index contributed by atoms with van der Waals surface area (Å²) >= 11 is 0. The third-order valence-corrected chi connectivity index (χ3v) is 1.68. The predicted molar refractivity (Wildman–Crippen MR) is 53.6 cm³/mol. The Morgan fingerprint density at radius 3 is 2.46 bits per heavy atom. The molecule has 0 aromatic rings. The van der Waals surface area contributed by atoms with E-state index in [2.05, 4.69) is 19.2 Å². The number of esters is 1. The van der Waals surface area contributed by atoms with Crippen molar-refractivity contribution in [2.24, 2.45) is 5.92 Å². The highest BCUT2D eigenvalue weighted by Crippen LogP contribution is 2.08. The molecule has 0 amide bonds. The van der Waals surface area contributed by atoms with Crippen molar-refractivity contribution < 1.29 is 9.53 Å². The topological polar surface area (TPSA) is 38.3 Å². The molecule has 1 fully saturated rings. The van der Waals surface area contributed by atoms with E-state index in [9.17, 15) is 4.79 Å². The molecule has 1 N–H and O–H groups in total. The monoisotopic (exact) mass is 187 g/mol. The van der Waals surface area contributed by atoms with Gasteiger partial charge in [-0.1, -0.05) is 20.3 Å². The smallest absolute Gasteiger partial charge is 0.310 e. The van der Waals surface area contributed by atoms with Crippen LogP contribution in [-0.4, -0.2) is 25.7 Å². The highest BCUT2D eigenvalue weighted by Gasteiger charge is 2.22. The Kier molecular flexibility index (Phi) is 7.69. The van der Waals surface area contributed by atoms with Crippen molar-refractivity contribution in [3.05, 3.63) is 0 Å². The summed E-state index contributed by atoms with van der Waals surface area (Å²) in [5.74, 6) is 0.0625. The second-order valence-electron chi connectivity index (χ2n) is 3.15. The van der Waals surface area contributed by atoms with E-state index in [0.717, 1.165) is 19.5 Å². The van der Waals surface area contributed by atoms with Crippen LogP contribution in [-0.2, 0) is 9.53 Å². The molecule has 0 aliphatic carbocycles. The molecule has 1 saturated heterocycles. The third-order valence-electron chi connectivity index (χ3n) is 1.68. The highest BCUT2D eigenvalue weighted by molar-refractivity contribution is 5.73. The molecule has 13 heavy (non-hydrogen) atoms. The van der Waals surface area contributed by atoms with Crippen molar-refractivity contribution in [2.45, 2.75) is 33.6 Å². The zero-order chi connectivity index (χ0) is 10.1. The van der Waals surface area contributed by atoms with Crippen molar-refractivity contribution >= 4 is 5.97 Å². The van der Waals surface area contributed by atoms with Crippen molar-refractivity contribution in [3.63, 3.8) is 0 Å².